The fraction of sp³-hybridized carbons (Fsp3) is 0.208. The summed E-state index contributed by atoms with van der Waals surface area (Å²) in [4.78, 5) is 23.0. The molecule has 12 heteroatoms. The van der Waals surface area contributed by atoms with Crippen molar-refractivity contribution in [2.75, 3.05) is 22.8 Å². The Balaban J connectivity index is 1.44. The maximum atomic E-state index is 14.5. The van der Waals surface area contributed by atoms with Crippen LogP contribution in [0.4, 0.5) is 20.2 Å². The highest BCUT2D eigenvalue weighted by molar-refractivity contribution is 7.91. The van der Waals surface area contributed by atoms with Crippen molar-refractivity contribution in [1.29, 1.82) is 0 Å². The molecule has 0 spiro atoms. The molecule has 1 atom stereocenters. The molecule has 1 aliphatic heterocycles. The van der Waals surface area contributed by atoms with Crippen molar-refractivity contribution in [2.45, 2.75) is 18.9 Å². The molecule has 1 saturated heterocycles. The lowest BCUT2D eigenvalue weighted by molar-refractivity contribution is 0.0975. The standard InChI is InChI=1S/C24H22F2N6O3S/c1-30(17-4-2-10-27-13-17)36(34,35)29-24(33)22-14-28-23-9-7-18(15-32(22)23)31-11-3-5-21(31)19-12-16(25)6-8-20(19)26/h2,4,6-10,12-15,21H,3,5,11H2,1H3,(H,29,33). The van der Waals surface area contributed by atoms with Crippen LogP contribution in [0, 0.1) is 11.6 Å². The molecule has 0 radical (unpaired) electrons. The fourth-order valence-corrected chi connectivity index (χ4v) is 5.25. The van der Waals surface area contributed by atoms with Crippen LogP contribution in [0.15, 0.2) is 67.3 Å². The van der Waals surface area contributed by atoms with E-state index in [1.165, 1.54) is 36.1 Å². The number of fused-ring (bicyclic) bond motifs is 1. The van der Waals surface area contributed by atoms with E-state index in [1.54, 1.807) is 30.5 Å². The molecule has 186 valence electrons. The van der Waals surface area contributed by atoms with E-state index in [2.05, 4.69) is 14.7 Å². The van der Waals surface area contributed by atoms with Crippen LogP contribution < -0.4 is 13.9 Å². The fourth-order valence-electron chi connectivity index (χ4n) is 4.39. The molecule has 1 amide bonds. The number of nitrogens with zero attached hydrogens (tertiary/aromatic N) is 5. The highest BCUT2D eigenvalue weighted by Gasteiger charge is 2.30. The molecular weight excluding hydrogens is 490 g/mol. The average Bonchev–Trinajstić information content (AvgIpc) is 3.52. The zero-order valence-electron chi connectivity index (χ0n) is 19.2. The SMILES string of the molecule is CN(c1cccnc1)S(=O)(=O)NC(=O)c1cnc2ccc(N3CCCC3c3cc(F)ccc3F)cn12. The largest absolute Gasteiger partial charge is 0.363 e. The molecule has 0 saturated carbocycles. The Bertz CT molecular complexity index is 1540. The van der Waals surface area contributed by atoms with Crippen molar-refractivity contribution in [2.24, 2.45) is 0 Å². The van der Waals surface area contributed by atoms with E-state index in [0.29, 0.717) is 24.3 Å². The molecule has 0 aliphatic carbocycles. The van der Waals surface area contributed by atoms with Crippen LogP contribution >= 0.6 is 0 Å². The smallest absolute Gasteiger partial charge is 0.326 e. The lowest BCUT2D eigenvalue weighted by Crippen LogP contribution is -2.42. The summed E-state index contributed by atoms with van der Waals surface area (Å²) in [5, 5.41) is 0. The number of nitrogens with one attached hydrogen (secondary N) is 1. The van der Waals surface area contributed by atoms with Gasteiger partial charge in [-0.3, -0.25) is 18.5 Å². The second kappa shape index (κ2) is 9.19. The maximum Gasteiger partial charge on any atom is 0.326 e. The number of hydrogen-bond acceptors (Lipinski definition) is 6. The average molecular weight is 513 g/mol. The summed E-state index contributed by atoms with van der Waals surface area (Å²) in [5.41, 5.74) is 1.64. The molecular formula is C24H22F2N6O3S. The number of carbonyl (C=O) groups excluding carboxylic acids is 1. The van der Waals surface area contributed by atoms with E-state index in [4.69, 9.17) is 0 Å². The predicted octanol–water partition coefficient (Wildman–Crippen LogP) is 3.46. The van der Waals surface area contributed by atoms with E-state index in [1.807, 2.05) is 4.90 Å². The molecule has 3 aromatic heterocycles. The Morgan fingerprint density at radius 3 is 2.78 bits per heavy atom. The zero-order valence-corrected chi connectivity index (χ0v) is 20.0. The minimum atomic E-state index is -4.22. The maximum absolute atomic E-state index is 14.5. The Labute approximate surface area is 206 Å². The second-order valence-electron chi connectivity index (χ2n) is 8.39. The summed E-state index contributed by atoms with van der Waals surface area (Å²) in [6.07, 6.45) is 7.19. The number of imidazole rings is 1. The van der Waals surface area contributed by atoms with Gasteiger partial charge in [0, 0.05) is 31.5 Å². The first-order valence-corrected chi connectivity index (χ1v) is 12.6. The van der Waals surface area contributed by atoms with Crippen LogP contribution in [0.1, 0.15) is 34.9 Å². The van der Waals surface area contributed by atoms with Gasteiger partial charge < -0.3 is 4.90 Å². The van der Waals surface area contributed by atoms with E-state index in [9.17, 15) is 22.0 Å². The third kappa shape index (κ3) is 4.35. The summed E-state index contributed by atoms with van der Waals surface area (Å²) in [7, 11) is -2.92. The summed E-state index contributed by atoms with van der Waals surface area (Å²) in [6.45, 7) is 0.604. The van der Waals surface area contributed by atoms with Gasteiger partial charge in [0.25, 0.3) is 5.91 Å². The summed E-state index contributed by atoms with van der Waals surface area (Å²) >= 11 is 0. The number of pyridine rings is 2. The molecule has 1 aromatic carbocycles. The van der Waals surface area contributed by atoms with Gasteiger partial charge >= 0.3 is 10.2 Å². The first-order valence-electron chi connectivity index (χ1n) is 11.1. The molecule has 36 heavy (non-hydrogen) atoms. The quantitative estimate of drug-likeness (QED) is 0.425. The number of benzene rings is 1. The summed E-state index contributed by atoms with van der Waals surface area (Å²) < 4.78 is 58.3. The topological polar surface area (TPSA) is 99.9 Å². The van der Waals surface area contributed by atoms with E-state index in [-0.39, 0.29) is 23.0 Å². The number of carbonyl (C=O) groups is 1. The number of amides is 1. The van der Waals surface area contributed by atoms with Gasteiger partial charge in [-0.05, 0) is 55.3 Å². The first-order chi connectivity index (χ1) is 17.2. The van der Waals surface area contributed by atoms with Gasteiger partial charge in [0.15, 0.2) is 0 Å². The number of hydrogen-bond donors (Lipinski definition) is 1. The normalized spacial score (nSPS) is 15.9. The van der Waals surface area contributed by atoms with Gasteiger partial charge in [-0.25, -0.2) is 18.5 Å². The van der Waals surface area contributed by atoms with Crippen molar-refractivity contribution < 1.29 is 22.0 Å². The number of rotatable bonds is 6. The Kier molecular flexibility index (Phi) is 6.04. The monoisotopic (exact) mass is 512 g/mol. The Hall–Kier alpha value is -4.06. The highest BCUT2D eigenvalue weighted by atomic mass is 32.2. The van der Waals surface area contributed by atoms with E-state index in [0.717, 1.165) is 22.9 Å². The van der Waals surface area contributed by atoms with Crippen LogP contribution in [-0.4, -0.2) is 42.3 Å². The lowest BCUT2D eigenvalue weighted by atomic mass is 10.0. The van der Waals surface area contributed by atoms with Gasteiger partial charge in [-0.2, -0.15) is 8.42 Å². The summed E-state index contributed by atoms with van der Waals surface area (Å²) in [6, 6.07) is 9.61. The van der Waals surface area contributed by atoms with Crippen molar-refractivity contribution in [3.8, 4) is 0 Å². The molecule has 1 fully saturated rings. The molecule has 1 N–H and O–H groups in total. The highest BCUT2D eigenvalue weighted by Crippen LogP contribution is 2.37. The Morgan fingerprint density at radius 2 is 2.00 bits per heavy atom. The third-order valence-electron chi connectivity index (χ3n) is 6.22. The number of halogens is 2. The van der Waals surface area contributed by atoms with Gasteiger partial charge in [0.05, 0.1) is 29.8 Å². The zero-order chi connectivity index (χ0) is 25.4. The summed E-state index contributed by atoms with van der Waals surface area (Å²) in [5.74, 6) is -1.87. The lowest BCUT2D eigenvalue weighted by Gasteiger charge is -2.27. The molecule has 1 aliphatic rings. The van der Waals surface area contributed by atoms with Crippen LogP contribution in [0.25, 0.3) is 5.65 Å². The van der Waals surface area contributed by atoms with Gasteiger partial charge in [0.1, 0.15) is 23.0 Å². The van der Waals surface area contributed by atoms with Crippen LogP contribution in [0.5, 0.6) is 0 Å². The first kappa shape index (κ1) is 23.7. The molecule has 4 heterocycles. The van der Waals surface area contributed by atoms with Crippen molar-refractivity contribution in [3.05, 3.63) is 90.1 Å². The van der Waals surface area contributed by atoms with Gasteiger partial charge in [-0.15, -0.1) is 0 Å². The molecule has 4 aromatic rings. The van der Waals surface area contributed by atoms with E-state index < -0.39 is 27.8 Å². The van der Waals surface area contributed by atoms with Crippen LogP contribution in [0.2, 0.25) is 0 Å². The van der Waals surface area contributed by atoms with Gasteiger partial charge in [0.2, 0.25) is 0 Å². The van der Waals surface area contributed by atoms with Crippen molar-refractivity contribution in [3.63, 3.8) is 0 Å². The van der Waals surface area contributed by atoms with Crippen molar-refractivity contribution >= 4 is 33.1 Å². The van der Waals surface area contributed by atoms with Crippen LogP contribution in [0.3, 0.4) is 0 Å². The number of anilines is 2. The minimum absolute atomic E-state index is 0.00250. The second-order valence-corrected chi connectivity index (χ2v) is 10.1. The molecule has 1 unspecified atom stereocenters. The molecule has 5 rings (SSSR count). The minimum Gasteiger partial charge on any atom is -0.363 e. The van der Waals surface area contributed by atoms with Crippen LogP contribution in [-0.2, 0) is 10.2 Å². The van der Waals surface area contributed by atoms with Crippen molar-refractivity contribution in [1.82, 2.24) is 19.1 Å². The molecule has 0 bridgehead atoms. The Morgan fingerprint density at radius 1 is 1.17 bits per heavy atom. The predicted molar refractivity (Wildman–Crippen MR) is 130 cm³/mol. The van der Waals surface area contributed by atoms with E-state index >= 15 is 0 Å². The third-order valence-corrected chi connectivity index (χ3v) is 7.59. The van der Waals surface area contributed by atoms with Gasteiger partial charge in [-0.1, -0.05) is 0 Å². The molecule has 9 nitrogen and oxygen atoms in total. The number of aromatic nitrogens is 3.